The molecule has 76 valence electrons. The highest BCUT2D eigenvalue weighted by molar-refractivity contribution is 5.14. The summed E-state index contributed by atoms with van der Waals surface area (Å²) in [5.74, 6) is 0. The number of epoxide rings is 1. The summed E-state index contributed by atoms with van der Waals surface area (Å²) in [5, 5.41) is 0. The third kappa shape index (κ3) is 0.884. The van der Waals surface area contributed by atoms with E-state index in [1.54, 1.807) is 0 Å². The molecule has 3 nitrogen and oxygen atoms in total. The van der Waals surface area contributed by atoms with Crippen LogP contribution in [0.1, 0.15) is 25.7 Å². The van der Waals surface area contributed by atoms with E-state index < -0.39 is 0 Å². The van der Waals surface area contributed by atoms with Gasteiger partial charge in [0.15, 0.2) is 0 Å². The number of fused-ring (bicyclic) bond motifs is 3. The van der Waals surface area contributed by atoms with Crippen molar-refractivity contribution in [3.8, 4) is 0 Å². The third-order valence-corrected chi connectivity index (χ3v) is 4.11. The van der Waals surface area contributed by atoms with Crippen LogP contribution in [0.2, 0.25) is 0 Å². The summed E-state index contributed by atoms with van der Waals surface area (Å²) in [5.41, 5.74) is -0.0972. The van der Waals surface area contributed by atoms with E-state index in [0.29, 0.717) is 12.2 Å². The van der Waals surface area contributed by atoms with Gasteiger partial charge in [-0.25, -0.2) is 0 Å². The summed E-state index contributed by atoms with van der Waals surface area (Å²) >= 11 is 0. The maximum atomic E-state index is 5.98. The lowest BCUT2D eigenvalue weighted by atomic mass is 9.79. The summed E-state index contributed by atoms with van der Waals surface area (Å²) in [4.78, 5) is 0. The van der Waals surface area contributed by atoms with Crippen LogP contribution in [0, 0.1) is 6.92 Å². The van der Waals surface area contributed by atoms with Crippen LogP contribution in [0.25, 0.3) is 0 Å². The largest absolute Gasteiger partial charge is 0.369 e. The third-order valence-electron chi connectivity index (χ3n) is 4.11. The fourth-order valence-corrected chi connectivity index (χ4v) is 3.43. The Kier molecular flexibility index (Phi) is 1.35. The molecule has 0 N–H and O–H groups in total. The molecule has 3 heteroatoms. The average Bonchev–Trinajstić information content (AvgIpc) is 2.81. The lowest BCUT2D eigenvalue weighted by Gasteiger charge is -2.41. The molecule has 1 spiro atoms. The van der Waals surface area contributed by atoms with Gasteiger partial charge in [-0.3, -0.25) is 0 Å². The van der Waals surface area contributed by atoms with Gasteiger partial charge in [-0.05, 0) is 19.8 Å². The van der Waals surface area contributed by atoms with E-state index in [2.05, 4.69) is 0 Å². The van der Waals surface area contributed by atoms with E-state index in [0.717, 1.165) is 25.7 Å². The van der Waals surface area contributed by atoms with Crippen LogP contribution in [-0.2, 0) is 14.2 Å². The van der Waals surface area contributed by atoms with E-state index in [4.69, 9.17) is 21.1 Å². The Balaban J connectivity index is 1.69. The lowest BCUT2D eigenvalue weighted by molar-refractivity contribution is -0.156. The minimum absolute atomic E-state index is 0.0936. The highest BCUT2D eigenvalue weighted by Gasteiger charge is 2.66. The van der Waals surface area contributed by atoms with Crippen molar-refractivity contribution in [2.75, 3.05) is 0 Å². The van der Waals surface area contributed by atoms with E-state index in [9.17, 15) is 0 Å². The zero-order valence-corrected chi connectivity index (χ0v) is 8.02. The second-order valence-electron chi connectivity index (χ2n) is 5.01. The first-order chi connectivity index (χ1) is 6.77. The molecule has 0 aromatic carbocycles. The SMILES string of the molecule is [CH][C@H]1CC[C@@H]2O[C@@H]3C[C@]2(C[C@H]2O[C@H]23)O1. The molecule has 4 fully saturated rings. The topological polar surface area (TPSA) is 31.0 Å². The first-order valence-electron chi connectivity index (χ1n) is 5.51. The smallest absolute Gasteiger partial charge is 0.110 e. The van der Waals surface area contributed by atoms with Gasteiger partial charge in [0.05, 0.1) is 30.0 Å². The molecule has 0 amide bonds. The van der Waals surface area contributed by atoms with Gasteiger partial charge in [-0.1, -0.05) is 0 Å². The first kappa shape index (κ1) is 8.08. The number of ether oxygens (including phenoxy) is 3. The summed E-state index contributed by atoms with van der Waals surface area (Å²) < 4.78 is 17.5. The van der Waals surface area contributed by atoms with E-state index >= 15 is 0 Å². The van der Waals surface area contributed by atoms with Crippen molar-refractivity contribution in [1.82, 2.24) is 0 Å². The molecule has 14 heavy (non-hydrogen) atoms. The zero-order valence-electron chi connectivity index (χ0n) is 8.02. The standard InChI is InChI=1S/C11H14O3/c1-6-2-3-9-11(14-6)4-7(12-9)10-8(5-11)13-10/h1,6-10H,2-5H2/t6-,7+,8+,9-,10-,11+/m0/s1. The normalized spacial score (nSPS) is 64.5. The maximum absolute atomic E-state index is 5.98. The van der Waals surface area contributed by atoms with Crippen LogP contribution in [0.4, 0.5) is 0 Å². The molecule has 3 saturated heterocycles. The van der Waals surface area contributed by atoms with Crippen LogP contribution < -0.4 is 0 Å². The Morgan fingerprint density at radius 3 is 2.71 bits per heavy atom. The molecule has 0 aromatic heterocycles. The van der Waals surface area contributed by atoms with Crippen molar-refractivity contribution in [2.45, 2.75) is 61.8 Å². The lowest BCUT2D eigenvalue weighted by Crippen LogP contribution is -2.49. The molecule has 0 unspecified atom stereocenters. The second-order valence-corrected chi connectivity index (χ2v) is 5.01. The summed E-state index contributed by atoms with van der Waals surface area (Å²) in [6.07, 6.45) is 5.19. The molecule has 2 radical (unpaired) electrons. The molecule has 3 aliphatic heterocycles. The highest BCUT2D eigenvalue weighted by atomic mass is 16.6. The first-order valence-corrected chi connectivity index (χ1v) is 5.51. The van der Waals surface area contributed by atoms with Crippen LogP contribution in [0.15, 0.2) is 0 Å². The summed E-state index contributed by atoms with van der Waals surface area (Å²) in [6.45, 7) is 5.86. The minimum atomic E-state index is -0.0972. The Morgan fingerprint density at radius 1 is 1.07 bits per heavy atom. The minimum Gasteiger partial charge on any atom is -0.369 e. The maximum Gasteiger partial charge on any atom is 0.110 e. The van der Waals surface area contributed by atoms with Crippen LogP contribution in [-0.4, -0.2) is 36.1 Å². The van der Waals surface area contributed by atoms with Crippen molar-refractivity contribution in [2.24, 2.45) is 0 Å². The molecule has 4 aliphatic rings. The monoisotopic (exact) mass is 194 g/mol. The molecule has 4 rings (SSSR count). The highest BCUT2D eigenvalue weighted by Crippen LogP contribution is 2.55. The van der Waals surface area contributed by atoms with Crippen LogP contribution in [0.3, 0.4) is 0 Å². The van der Waals surface area contributed by atoms with Crippen molar-refractivity contribution in [1.29, 1.82) is 0 Å². The summed E-state index contributed by atoms with van der Waals surface area (Å²) in [6, 6.07) is 0. The molecule has 6 atom stereocenters. The second kappa shape index (κ2) is 2.34. The van der Waals surface area contributed by atoms with Crippen molar-refractivity contribution >= 4 is 0 Å². The van der Waals surface area contributed by atoms with Gasteiger partial charge in [0.1, 0.15) is 6.10 Å². The Hall–Kier alpha value is -0.120. The van der Waals surface area contributed by atoms with Gasteiger partial charge in [-0.15, -0.1) is 0 Å². The van der Waals surface area contributed by atoms with Crippen LogP contribution in [0.5, 0.6) is 0 Å². The van der Waals surface area contributed by atoms with Gasteiger partial charge in [-0.2, -0.15) is 0 Å². The van der Waals surface area contributed by atoms with Crippen molar-refractivity contribution in [3.63, 3.8) is 0 Å². The van der Waals surface area contributed by atoms with Gasteiger partial charge in [0.25, 0.3) is 0 Å². The zero-order chi connectivity index (χ0) is 9.34. The molecular formula is C11H14O3. The Labute approximate surface area is 83.7 Å². The predicted molar refractivity (Wildman–Crippen MR) is 47.7 cm³/mol. The fourth-order valence-electron chi connectivity index (χ4n) is 3.43. The Morgan fingerprint density at radius 2 is 1.86 bits per heavy atom. The molecule has 1 aliphatic carbocycles. The van der Waals surface area contributed by atoms with E-state index in [1.165, 1.54) is 0 Å². The van der Waals surface area contributed by atoms with E-state index in [1.807, 2.05) is 0 Å². The predicted octanol–water partition coefficient (Wildman–Crippen LogP) is 0.944. The molecule has 0 aromatic rings. The van der Waals surface area contributed by atoms with Crippen molar-refractivity contribution in [3.05, 3.63) is 6.92 Å². The quantitative estimate of drug-likeness (QED) is 0.538. The fraction of sp³-hybridized carbons (Fsp3) is 0.909. The van der Waals surface area contributed by atoms with Crippen molar-refractivity contribution < 1.29 is 14.2 Å². The molecule has 3 heterocycles. The van der Waals surface area contributed by atoms with Gasteiger partial charge >= 0.3 is 0 Å². The Bertz CT molecular complexity index is 270. The van der Waals surface area contributed by atoms with Gasteiger partial charge in [0, 0.05) is 12.8 Å². The van der Waals surface area contributed by atoms with Gasteiger partial charge < -0.3 is 14.2 Å². The van der Waals surface area contributed by atoms with E-state index in [-0.39, 0.29) is 23.9 Å². The summed E-state index contributed by atoms with van der Waals surface area (Å²) in [7, 11) is 0. The number of hydrogen-bond acceptors (Lipinski definition) is 3. The number of hydrogen-bond donors (Lipinski definition) is 0. The molecule has 1 saturated carbocycles. The average molecular weight is 194 g/mol. The van der Waals surface area contributed by atoms with Gasteiger partial charge in [0.2, 0.25) is 0 Å². The molecule has 2 bridgehead atoms. The molecular weight excluding hydrogens is 180 g/mol. The van der Waals surface area contributed by atoms with Crippen LogP contribution >= 0.6 is 0 Å². The number of rotatable bonds is 0.